The fraction of sp³-hybridized carbons (Fsp3) is 0.263. The maximum Gasteiger partial charge on any atom is 0.137 e. The van der Waals surface area contributed by atoms with Crippen LogP contribution in [0.1, 0.15) is 13.3 Å². The van der Waals surface area contributed by atoms with Crippen molar-refractivity contribution in [2.75, 3.05) is 14.1 Å². The maximum absolute atomic E-state index is 9.03. The van der Waals surface area contributed by atoms with Crippen LogP contribution in [-0.4, -0.2) is 19.6 Å². The van der Waals surface area contributed by atoms with Gasteiger partial charge in [0, 0.05) is 18.3 Å². The Labute approximate surface area is 165 Å². The zero-order valence-electron chi connectivity index (χ0n) is 14.5. The Hall–Kier alpha value is -2.29. The zero-order valence-corrected chi connectivity index (χ0v) is 16.8. The molecule has 0 radical (unpaired) electrons. The SMILES string of the molecule is CNC1=CCC(C=CC2=CC(=C(C#N)C#N)C=C(C)O2)(NC)C=C1.I. The summed E-state index contributed by atoms with van der Waals surface area (Å²) in [6.45, 7) is 1.80. The number of nitrogens with zero attached hydrogens (tertiary/aromatic N) is 2. The van der Waals surface area contributed by atoms with E-state index >= 15 is 0 Å². The molecule has 0 fully saturated rings. The summed E-state index contributed by atoms with van der Waals surface area (Å²) in [5.74, 6) is 1.24. The van der Waals surface area contributed by atoms with Gasteiger partial charge in [0.05, 0.1) is 5.54 Å². The lowest BCUT2D eigenvalue weighted by Crippen LogP contribution is -2.40. The average molecular weight is 448 g/mol. The van der Waals surface area contributed by atoms with Crippen molar-refractivity contribution in [1.29, 1.82) is 10.5 Å². The molecule has 1 unspecified atom stereocenters. The van der Waals surface area contributed by atoms with E-state index in [1.165, 1.54) is 0 Å². The molecule has 0 saturated carbocycles. The van der Waals surface area contributed by atoms with Gasteiger partial charge < -0.3 is 15.4 Å². The highest BCUT2D eigenvalue weighted by molar-refractivity contribution is 14.0. The highest BCUT2D eigenvalue weighted by Gasteiger charge is 2.23. The Morgan fingerprint density at radius 2 is 2.00 bits per heavy atom. The summed E-state index contributed by atoms with van der Waals surface area (Å²) in [7, 11) is 3.80. The minimum Gasteiger partial charge on any atom is -0.462 e. The molecular formula is C19H21IN4O. The van der Waals surface area contributed by atoms with Crippen LogP contribution in [0.25, 0.3) is 0 Å². The van der Waals surface area contributed by atoms with Crippen molar-refractivity contribution < 1.29 is 4.74 Å². The van der Waals surface area contributed by atoms with E-state index in [1.54, 1.807) is 19.1 Å². The van der Waals surface area contributed by atoms with Gasteiger partial charge in [0.15, 0.2) is 0 Å². The maximum atomic E-state index is 9.03. The highest BCUT2D eigenvalue weighted by Crippen LogP contribution is 2.25. The van der Waals surface area contributed by atoms with Crippen LogP contribution in [0.5, 0.6) is 0 Å². The van der Waals surface area contributed by atoms with Gasteiger partial charge in [-0.3, -0.25) is 0 Å². The number of nitrogens with one attached hydrogen (secondary N) is 2. The van der Waals surface area contributed by atoms with Crippen molar-refractivity contribution >= 4 is 24.0 Å². The minimum absolute atomic E-state index is 0. The van der Waals surface area contributed by atoms with Crippen LogP contribution in [-0.2, 0) is 4.74 Å². The van der Waals surface area contributed by atoms with Gasteiger partial charge in [-0.05, 0) is 44.7 Å². The van der Waals surface area contributed by atoms with E-state index in [9.17, 15) is 0 Å². The molecule has 6 heteroatoms. The first-order valence-electron chi connectivity index (χ1n) is 7.63. The standard InChI is InChI=1S/C19H20N4O.HI/c1-14-10-15(16(12-20)13-21)11-18(24-14)6-9-19(23-3)7-4-17(22-2)5-8-19;/h4-7,9-11,22-23H,8H2,1-3H3;1H. The minimum atomic E-state index is -0.295. The molecule has 0 aromatic carbocycles. The number of halogens is 1. The number of likely N-dealkylation sites (N-methyl/N-ethyl adjacent to an activating group) is 2. The Bertz CT molecular complexity index is 771. The third kappa shape index (κ3) is 5.09. The third-order valence-corrected chi connectivity index (χ3v) is 3.97. The van der Waals surface area contributed by atoms with Crippen molar-refractivity contribution in [2.24, 2.45) is 0 Å². The summed E-state index contributed by atoms with van der Waals surface area (Å²) in [4.78, 5) is 0. The summed E-state index contributed by atoms with van der Waals surface area (Å²) in [5.41, 5.74) is 1.43. The van der Waals surface area contributed by atoms with Gasteiger partial charge >= 0.3 is 0 Å². The number of hydrogen-bond acceptors (Lipinski definition) is 5. The first kappa shape index (κ1) is 20.8. The van der Waals surface area contributed by atoms with Gasteiger partial charge in [-0.1, -0.05) is 18.2 Å². The molecule has 1 heterocycles. The number of allylic oxidation sites excluding steroid dienone is 7. The molecule has 130 valence electrons. The molecule has 0 saturated heterocycles. The Morgan fingerprint density at radius 3 is 2.52 bits per heavy atom. The van der Waals surface area contributed by atoms with E-state index in [1.807, 2.05) is 44.5 Å². The van der Waals surface area contributed by atoms with Gasteiger partial charge in [-0.25, -0.2) is 0 Å². The molecule has 0 spiro atoms. The normalized spacial score (nSPS) is 21.8. The molecule has 1 aliphatic heterocycles. The first-order valence-corrected chi connectivity index (χ1v) is 7.63. The number of nitriles is 2. The van der Waals surface area contributed by atoms with Crippen LogP contribution in [0.4, 0.5) is 0 Å². The van der Waals surface area contributed by atoms with Crippen molar-refractivity contribution in [3.8, 4) is 12.1 Å². The molecule has 25 heavy (non-hydrogen) atoms. The van der Waals surface area contributed by atoms with Crippen molar-refractivity contribution in [1.82, 2.24) is 10.6 Å². The van der Waals surface area contributed by atoms with E-state index < -0.39 is 0 Å². The van der Waals surface area contributed by atoms with Gasteiger partial charge in [0.1, 0.15) is 29.2 Å². The fourth-order valence-corrected chi connectivity index (χ4v) is 2.50. The molecule has 2 rings (SSSR count). The molecule has 1 aliphatic carbocycles. The summed E-state index contributed by atoms with van der Waals surface area (Å²) >= 11 is 0. The average Bonchev–Trinajstić information content (AvgIpc) is 2.61. The first-order chi connectivity index (χ1) is 11.6. The largest absolute Gasteiger partial charge is 0.462 e. The smallest absolute Gasteiger partial charge is 0.137 e. The van der Waals surface area contributed by atoms with Crippen molar-refractivity contribution in [3.05, 3.63) is 70.9 Å². The molecule has 1 atom stereocenters. The van der Waals surface area contributed by atoms with Crippen molar-refractivity contribution in [3.63, 3.8) is 0 Å². The second-order valence-corrected chi connectivity index (χ2v) is 5.53. The molecule has 0 aromatic heterocycles. The van der Waals surface area contributed by atoms with Crippen molar-refractivity contribution in [2.45, 2.75) is 18.9 Å². The van der Waals surface area contributed by atoms with Gasteiger partial charge in [0.25, 0.3) is 0 Å². The fourth-order valence-electron chi connectivity index (χ4n) is 2.50. The summed E-state index contributed by atoms with van der Waals surface area (Å²) < 4.78 is 5.68. The Kier molecular flexibility index (Phi) is 7.69. The Morgan fingerprint density at radius 1 is 1.28 bits per heavy atom. The molecule has 0 bridgehead atoms. The third-order valence-electron chi connectivity index (χ3n) is 3.97. The summed E-state index contributed by atoms with van der Waals surface area (Å²) in [6, 6.07) is 3.82. The van der Waals surface area contributed by atoms with E-state index in [0.717, 1.165) is 12.1 Å². The van der Waals surface area contributed by atoms with Gasteiger partial charge in [0.2, 0.25) is 0 Å². The Balaban J connectivity index is 0.00000312. The topological polar surface area (TPSA) is 80.9 Å². The summed E-state index contributed by atoms with van der Waals surface area (Å²) in [6.07, 6.45) is 14.3. The van der Waals surface area contributed by atoms with Crippen LogP contribution >= 0.6 is 24.0 Å². The van der Waals surface area contributed by atoms with Gasteiger partial charge in [-0.2, -0.15) is 10.5 Å². The summed E-state index contributed by atoms with van der Waals surface area (Å²) in [5, 5.41) is 24.5. The van der Waals surface area contributed by atoms with Crippen LogP contribution < -0.4 is 10.6 Å². The lowest BCUT2D eigenvalue weighted by atomic mass is 9.89. The lowest BCUT2D eigenvalue weighted by molar-refractivity contribution is 0.317. The molecule has 5 nitrogen and oxygen atoms in total. The molecule has 0 aromatic rings. The molecular weight excluding hydrogens is 427 g/mol. The van der Waals surface area contributed by atoms with E-state index in [2.05, 4.69) is 22.8 Å². The quantitative estimate of drug-likeness (QED) is 0.510. The molecule has 2 aliphatic rings. The second-order valence-electron chi connectivity index (χ2n) is 5.53. The lowest BCUT2D eigenvalue weighted by Gasteiger charge is -2.29. The monoisotopic (exact) mass is 448 g/mol. The predicted octanol–water partition coefficient (Wildman–Crippen LogP) is 3.34. The number of hydrogen-bond donors (Lipinski definition) is 2. The molecule has 0 amide bonds. The predicted molar refractivity (Wildman–Crippen MR) is 108 cm³/mol. The number of ether oxygens (including phenoxy) is 1. The van der Waals surface area contributed by atoms with E-state index in [0.29, 0.717) is 17.1 Å². The zero-order chi connectivity index (χ0) is 17.6. The van der Waals surface area contributed by atoms with Crippen LogP contribution in [0.2, 0.25) is 0 Å². The van der Waals surface area contributed by atoms with Crippen LogP contribution in [0, 0.1) is 22.7 Å². The number of rotatable bonds is 4. The van der Waals surface area contributed by atoms with E-state index in [4.69, 9.17) is 15.3 Å². The van der Waals surface area contributed by atoms with E-state index in [-0.39, 0.29) is 35.1 Å². The van der Waals surface area contributed by atoms with Crippen LogP contribution in [0.3, 0.4) is 0 Å². The van der Waals surface area contributed by atoms with Gasteiger partial charge in [-0.15, -0.1) is 24.0 Å². The molecule has 2 N–H and O–H groups in total. The second kappa shape index (κ2) is 9.26. The highest BCUT2D eigenvalue weighted by atomic mass is 127. The van der Waals surface area contributed by atoms with Crippen LogP contribution in [0.15, 0.2) is 70.9 Å².